The minimum absolute atomic E-state index is 0.188. The summed E-state index contributed by atoms with van der Waals surface area (Å²) in [5.74, 6) is 1.84. The maximum Gasteiger partial charge on any atom is 0.237 e. The molecule has 0 spiro atoms. The van der Waals surface area contributed by atoms with Crippen LogP contribution in [-0.2, 0) is 11.2 Å². The molecule has 32 heavy (non-hydrogen) atoms. The van der Waals surface area contributed by atoms with E-state index in [1.54, 1.807) is 12.5 Å². The molecule has 0 bridgehead atoms. The summed E-state index contributed by atoms with van der Waals surface area (Å²) in [7, 11) is 0. The first kappa shape index (κ1) is 22.7. The summed E-state index contributed by atoms with van der Waals surface area (Å²) in [6.07, 6.45) is 18.8. The van der Waals surface area contributed by atoms with Gasteiger partial charge in [-0.2, -0.15) is 4.98 Å². The molecule has 1 N–H and O–H groups in total. The second kappa shape index (κ2) is 10.9. The van der Waals surface area contributed by atoms with Crippen molar-refractivity contribution in [3.63, 3.8) is 0 Å². The van der Waals surface area contributed by atoms with E-state index >= 15 is 0 Å². The number of carbonyl (C=O) groups is 1. The van der Waals surface area contributed by atoms with E-state index in [0.717, 1.165) is 56.6 Å². The number of carbonyl (C=O) groups excluding carboxylic acids is 1. The van der Waals surface area contributed by atoms with Crippen molar-refractivity contribution in [1.82, 2.24) is 24.8 Å². The molecule has 2 aliphatic rings. The van der Waals surface area contributed by atoms with Crippen LogP contribution < -0.4 is 10.2 Å². The van der Waals surface area contributed by atoms with Crippen LogP contribution in [0.15, 0.2) is 18.7 Å². The first-order valence-electron chi connectivity index (χ1n) is 12.6. The molecule has 7 heteroatoms. The molecular formula is C25H38N6O. The van der Waals surface area contributed by atoms with E-state index in [0.29, 0.717) is 18.4 Å². The lowest BCUT2D eigenvalue weighted by molar-refractivity contribution is -0.122. The maximum atomic E-state index is 13.0. The second-order valence-electron chi connectivity index (χ2n) is 9.39. The first-order chi connectivity index (χ1) is 15.7. The van der Waals surface area contributed by atoms with E-state index in [9.17, 15) is 4.79 Å². The Bertz CT molecular complexity index is 873. The van der Waals surface area contributed by atoms with E-state index in [2.05, 4.69) is 29.0 Å². The average Bonchev–Trinajstić information content (AvgIpc) is 3.30. The third-order valence-electron chi connectivity index (χ3n) is 7.06. The van der Waals surface area contributed by atoms with Gasteiger partial charge < -0.3 is 10.2 Å². The van der Waals surface area contributed by atoms with Gasteiger partial charge in [-0.1, -0.05) is 39.0 Å². The Balaban J connectivity index is 1.52. The van der Waals surface area contributed by atoms with Crippen LogP contribution in [0.5, 0.6) is 0 Å². The molecule has 2 aromatic rings. The fourth-order valence-corrected chi connectivity index (χ4v) is 5.30. The summed E-state index contributed by atoms with van der Waals surface area (Å²) in [6, 6.07) is 0.535. The molecule has 1 saturated heterocycles. The van der Waals surface area contributed by atoms with Crippen LogP contribution in [0.1, 0.15) is 88.8 Å². The van der Waals surface area contributed by atoms with Crippen molar-refractivity contribution in [2.24, 2.45) is 0 Å². The Kier molecular flexibility index (Phi) is 7.76. The fraction of sp³-hybridized carbons (Fsp3) is 0.680. The lowest BCUT2D eigenvalue weighted by Crippen LogP contribution is -2.45. The van der Waals surface area contributed by atoms with Crippen LogP contribution in [-0.4, -0.2) is 44.1 Å². The van der Waals surface area contributed by atoms with Crippen LogP contribution >= 0.6 is 0 Å². The highest BCUT2D eigenvalue weighted by atomic mass is 16.1. The number of nitrogens with one attached hydrogen (secondary N) is 1. The number of imidazole rings is 1. The summed E-state index contributed by atoms with van der Waals surface area (Å²) in [6.45, 7) is 5.16. The Morgan fingerprint density at radius 3 is 2.53 bits per heavy atom. The Labute approximate surface area is 192 Å². The molecule has 1 aliphatic carbocycles. The van der Waals surface area contributed by atoms with E-state index < -0.39 is 0 Å². The predicted molar refractivity (Wildman–Crippen MR) is 127 cm³/mol. The van der Waals surface area contributed by atoms with Crippen molar-refractivity contribution < 1.29 is 4.79 Å². The van der Waals surface area contributed by atoms with Gasteiger partial charge in [0, 0.05) is 48.7 Å². The van der Waals surface area contributed by atoms with Crippen molar-refractivity contribution in [2.75, 3.05) is 11.4 Å². The highest BCUT2D eigenvalue weighted by Crippen LogP contribution is 2.30. The maximum absolute atomic E-state index is 13.0. The van der Waals surface area contributed by atoms with Crippen molar-refractivity contribution in [3.8, 4) is 5.95 Å². The largest absolute Gasteiger partial charge is 0.353 e. The summed E-state index contributed by atoms with van der Waals surface area (Å²) >= 11 is 0. The summed E-state index contributed by atoms with van der Waals surface area (Å²) < 4.78 is 1.86. The van der Waals surface area contributed by atoms with Crippen molar-refractivity contribution in [2.45, 2.75) is 103 Å². The molecule has 1 aliphatic heterocycles. The van der Waals surface area contributed by atoms with E-state index in [1.807, 2.05) is 10.8 Å². The van der Waals surface area contributed by atoms with Gasteiger partial charge in [0.05, 0.1) is 0 Å². The van der Waals surface area contributed by atoms with Crippen LogP contribution in [0.25, 0.3) is 5.95 Å². The van der Waals surface area contributed by atoms with Gasteiger partial charge in [-0.3, -0.25) is 9.36 Å². The van der Waals surface area contributed by atoms with Gasteiger partial charge in [-0.15, -0.1) is 0 Å². The number of amides is 1. The molecule has 2 fully saturated rings. The van der Waals surface area contributed by atoms with Gasteiger partial charge in [0.2, 0.25) is 11.9 Å². The molecular weight excluding hydrogens is 400 g/mol. The Morgan fingerprint density at radius 1 is 1.06 bits per heavy atom. The van der Waals surface area contributed by atoms with E-state index in [-0.39, 0.29) is 11.9 Å². The number of hydrogen-bond donors (Lipinski definition) is 1. The van der Waals surface area contributed by atoms with Crippen LogP contribution in [0, 0.1) is 6.92 Å². The van der Waals surface area contributed by atoms with Gasteiger partial charge >= 0.3 is 0 Å². The quantitative estimate of drug-likeness (QED) is 0.718. The average molecular weight is 439 g/mol. The van der Waals surface area contributed by atoms with Crippen LogP contribution in [0.4, 0.5) is 5.82 Å². The van der Waals surface area contributed by atoms with Gasteiger partial charge in [-0.05, 0) is 45.4 Å². The number of piperidine rings is 1. The minimum Gasteiger partial charge on any atom is -0.353 e. The third kappa shape index (κ3) is 5.48. The molecule has 1 atom stereocenters. The number of anilines is 1. The van der Waals surface area contributed by atoms with Gasteiger partial charge in [0.1, 0.15) is 12.1 Å². The normalized spacial score (nSPS) is 20.6. The van der Waals surface area contributed by atoms with Crippen molar-refractivity contribution >= 4 is 11.7 Å². The molecule has 7 nitrogen and oxygen atoms in total. The Hall–Kier alpha value is -2.44. The number of rotatable bonds is 6. The minimum atomic E-state index is 0.188. The highest BCUT2D eigenvalue weighted by Gasteiger charge is 2.29. The summed E-state index contributed by atoms with van der Waals surface area (Å²) in [4.78, 5) is 29.3. The number of aryl methyl sites for hydroxylation is 1. The van der Waals surface area contributed by atoms with E-state index in [1.165, 1.54) is 37.7 Å². The van der Waals surface area contributed by atoms with Crippen molar-refractivity contribution in [1.29, 1.82) is 0 Å². The van der Waals surface area contributed by atoms with Crippen LogP contribution in [0.3, 0.4) is 0 Å². The zero-order valence-electron chi connectivity index (χ0n) is 19.7. The third-order valence-corrected chi connectivity index (χ3v) is 7.06. The summed E-state index contributed by atoms with van der Waals surface area (Å²) in [5, 5.41) is 3.37. The lowest BCUT2D eigenvalue weighted by atomic mass is 9.95. The molecule has 174 valence electrons. The zero-order valence-corrected chi connectivity index (χ0v) is 19.7. The smallest absolute Gasteiger partial charge is 0.237 e. The molecule has 1 unspecified atom stereocenters. The number of aromatic nitrogens is 4. The topological polar surface area (TPSA) is 75.9 Å². The lowest BCUT2D eigenvalue weighted by Gasteiger charge is -2.38. The zero-order chi connectivity index (χ0) is 22.3. The van der Waals surface area contributed by atoms with E-state index in [4.69, 9.17) is 9.97 Å². The molecule has 0 radical (unpaired) electrons. The van der Waals surface area contributed by atoms with Crippen molar-refractivity contribution in [3.05, 3.63) is 30.0 Å². The fourth-order valence-electron chi connectivity index (χ4n) is 5.30. The SMILES string of the molecule is CCc1c(C)nc(-n2ccnc2)nc1N1CCCCC1CC(=O)NC1CCCCCCC1. The monoisotopic (exact) mass is 438 g/mol. The molecule has 1 saturated carbocycles. The number of hydrogen-bond acceptors (Lipinski definition) is 5. The van der Waals surface area contributed by atoms with Gasteiger partial charge in [0.25, 0.3) is 0 Å². The van der Waals surface area contributed by atoms with Crippen LogP contribution in [0.2, 0.25) is 0 Å². The summed E-state index contributed by atoms with van der Waals surface area (Å²) in [5.41, 5.74) is 2.19. The molecule has 4 rings (SSSR count). The van der Waals surface area contributed by atoms with Gasteiger partial charge in [-0.25, -0.2) is 9.97 Å². The molecule has 0 aromatic carbocycles. The highest BCUT2D eigenvalue weighted by molar-refractivity contribution is 5.77. The van der Waals surface area contributed by atoms with Gasteiger partial charge in [0.15, 0.2) is 0 Å². The molecule has 2 aromatic heterocycles. The Morgan fingerprint density at radius 2 is 1.81 bits per heavy atom. The number of nitrogens with zero attached hydrogens (tertiary/aromatic N) is 5. The first-order valence-corrected chi connectivity index (χ1v) is 12.6. The predicted octanol–water partition coefficient (Wildman–Crippen LogP) is 4.51. The molecule has 3 heterocycles. The molecule has 1 amide bonds. The standard InChI is InChI=1S/C25H38N6O/c1-3-22-19(2)27-25(30-16-14-26-18-30)29-24(22)31-15-10-9-13-21(31)17-23(32)28-20-11-7-5-4-6-8-12-20/h14,16,18,20-21H,3-13,15,17H2,1-2H3,(H,28,32). The second-order valence-corrected chi connectivity index (χ2v) is 9.39.